The Kier molecular flexibility index (Phi) is 3.87. The summed E-state index contributed by atoms with van der Waals surface area (Å²) in [7, 11) is 0. The molecule has 0 aromatic rings. The zero-order chi connectivity index (χ0) is 8.10. The quantitative estimate of drug-likeness (QED) is 0.647. The van der Waals surface area contributed by atoms with Crippen molar-refractivity contribution in [1.29, 1.82) is 0 Å². The van der Waals surface area contributed by atoms with Gasteiger partial charge >= 0.3 is 0 Å². The van der Waals surface area contributed by atoms with Crippen molar-refractivity contribution in [3.63, 3.8) is 0 Å². The summed E-state index contributed by atoms with van der Waals surface area (Å²) in [5.74, 6) is 0.830. The van der Waals surface area contributed by atoms with Crippen LogP contribution in [0.4, 0.5) is 0 Å². The van der Waals surface area contributed by atoms with E-state index in [0.717, 1.165) is 18.8 Å². The van der Waals surface area contributed by atoms with Crippen LogP contribution < -0.4 is 0 Å². The summed E-state index contributed by atoms with van der Waals surface area (Å²) in [6.45, 7) is -0.0767. The summed E-state index contributed by atoms with van der Waals surface area (Å²) in [4.78, 5) is 0. The van der Waals surface area contributed by atoms with Crippen molar-refractivity contribution in [2.24, 2.45) is 5.92 Å². The van der Waals surface area contributed by atoms with Gasteiger partial charge in [0.15, 0.2) is 0 Å². The Morgan fingerprint density at radius 3 is 2.45 bits per heavy atom. The summed E-state index contributed by atoms with van der Waals surface area (Å²) in [5.41, 5.74) is 0. The van der Waals surface area contributed by atoms with E-state index in [9.17, 15) is 0 Å². The van der Waals surface area contributed by atoms with Gasteiger partial charge in [0.1, 0.15) is 0 Å². The second kappa shape index (κ2) is 4.73. The lowest BCUT2D eigenvalue weighted by molar-refractivity contribution is 0.0827. The van der Waals surface area contributed by atoms with Crippen molar-refractivity contribution < 1.29 is 10.2 Å². The molecule has 1 aliphatic rings. The van der Waals surface area contributed by atoms with Gasteiger partial charge < -0.3 is 10.2 Å². The Labute approximate surface area is 68.2 Å². The maximum atomic E-state index is 9.07. The normalized spacial score (nSPS) is 22.4. The SMILES string of the molecule is OCC(O)CCC1CCCC1. The number of rotatable bonds is 4. The van der Waals surface area contributed by atoms with Crippen LogP contribution in [0.2, 0.25) is 0 Å². The van der Waals surface area contributed by atoms with Gasteiger partial charge in [0.05, 0.1) is 12.7 Å². The van der Waals surface area contributed by atoms with Gasteiger partial charge in [0, 0.05) is 0 Å². The molecule has 0 radical (unpaired) electrons. The van der Waals surface area contributed by atoms with E-state index < -0.39 is 6.10 Å². The highest BCUT2D eigenvalue weighted by molar-refractivity contribution is 4.68. The summed E-state index contributed by atoms with van der Waals surface area (Å²) >= 11 is 0. The maximum Gasteiger partial charge on any atom is 0.0771 e. The fourth-order valence-electron chi connectivity index (χ4n) is 1.82. The zero-order valence-corrected chi connectivity index (χ0v) is 7.00. The van der Waals surface area contributed by atoms with Crippen LogP contribution in [0.25, 0.3) is 0 Å². The molecule has 1 saturated carbocycles. The van der Waals surface area contributed by atoms with Crippen LogP contribution >= 0.6 is 0 Å². The highest BCUT2D eigenvalue weighted by Crippen LogP contribution is 2.28. The first-order valence-corrected chi connectivity index (χ1v) is 4.62. The van der Waals surface area contributed by atoms with E-state index >= 15 is 0 Å². The van der Waals surface area contributed by atoms with E-state index in [2.05, 4.69) is 0 Å². The third-order valence-corrected chi connectivity index (χ3v) is 2.59. The van der Waals surface area contributed by atoms with Crippen molar-refractivity contribution in [2.45, 2.75) is 44.6 Å². The summed E-state index contributed by atoms with van der Waals surface area (Å²) < 4.78 is 0. The Morgan fingerprint density at radius 2 is 1.91 bits per heavy atom. The summed E-state index contributed by atoms with van der Waals surface area (Å²) in [6.07, 6.45) is 6.79. The summed E-state index contributed by atoms with van der Waals surface area (Å²) in [5, 5.41) is 17.6. The molecule has 0 bridgehead atoms. The van der Waals surface area contributed by atoms with Crippen molar-refractivity contribution in [3.8, 4) is 0 Å². The van der Waals surface area contributed by atoms with Crippen molar-refractivity contribution in [1.82, 2.24) is 0 Å². The monoisotopic (exact) mass is 158 g/mol. The van der Waals surface area contributed by atoms with Gasteiger partial charge in [-0.15, -0.1) is 0 Å². The molecule has 1 fully saturated rings. The van der Waals surface area contributed by atoms with Gasteiger partial charge in [-0.3, -0.25) is 0 Å². The molecule has 11 heavy (non-hydrogen) atoms. The van der Waals surface area contributed by atoms with Crippen LogP contribution in [-0.2, 0) is 0 Å². The van der Waals surface area contributed by atoms with Crippen molar-refractivity contribution in [2.75, 3.05) is 6.61 Å². The third kappa shape index (κ3) is 3.21. The van der Waals surface area contributed by atoms with Crippen molar-refractivity contribution in [3.05, 3.63) is 0 Å². The van der Waals surface area contributed by atoms with Gasteiger partial charge in [0.2, 0.25) is 0 Å². The fourth-order valence-corrected chi connectivity index (χ4v) is 1.82. The molecule has 1 unspecified atom stereocenters. The highest BCUT2D eigenvalue weighted by atomic mass is 16.3. The molecule has 66 valence electrons. The molecule has 2 N–H and O–H groups in total. The molecular weight excluding hydrogens is 140 g/mol. The number of aliphatic hydroxyl groups excluding tert-OH is 2. The average Bonchev–Trinajstić information content (AvgIpc) is 2.52. The minimum atomic E-state index is -0.476. The van der Waals surface area contributed by atoms with Crippen LogP contribution in [0.15, 0.2) is 0 Å². The summed E-state index contributed by atoms with van der Waals surface area (Å²) in [6, 6.07) is 0. The second-order valence-corrected chi connectivity index (χ2v) is 3.56. The van der Waals surface area contributed by atoms with E-state index in [0.29, 0.717) is 0 Å². The Bertz CT molecular complexity index is 97.7. The lowest BCUT2D eigenvalue weighted by atomic mass is 10.00. The first-order chi connectivity index (χ1) is 5.33. The van der Waals surface area contributed by atoms with Crippen LogP contribution in [0, 0.1) is 5.92 Å². The van der Waals surface area contributed by atoms with Gasteiger partial charge in [0.25, 0.3) is 0 Å². The second-order valence-electron chi connectivity index (χ2n) is 3.56. The van der Waals surface area contributed by atoms with E-state index in [1.54, 1.807) is 0 Å². The molecule has 1 aliphatic carbocycles. The van der Waals surface area contributed by atoms with Gasteiger partial charge in [-0.1, -0.05) is 25.7 Å². The predicted molar refractivity (Wildman–Crippen MR) is 44.3 cm³/mol. The number of aliphatic hydroxyl groups is 2. The predicted octanol–water partition coefficient (Wildman–Crippen LogP) is 1.31. The number of hydrogen-bond donors (Lipinski definition) is 2. The molecule has 2 nitrogen and oxygen atoms in total. The van der Waals surface area contributed by atoms with Crippen LogP contribution in [0.1, 0.15) is 38.5 Å². The molecule has 1 atom stereocenters. The topological polar surface area (TPSA) is 40.5 Å². The standard InChI is InChI=1S/C9H18O2/c10-7-9(11)6-5-8-3-1-2-4-8/h8-11H,1-7H2. The zero-order valence-electron chi connectivity index (χ0n) is 7.00. The minimum absolute atomic E-state index is 0.0767. The molecule has 2 heteroatoms. The molecule has 0 heterocycles. The maximum absolute atomic E-state index is 9.07. The van der Waals surface area contributed by atoms with Gasteiger partial charge in [-0.2, -0.15) is 0 Å². The molecule has 0 aromatic heterocycles. The smallest absolute Gasteiger partial charge is 0.0771 e. The molecule has 1 rings (SSSR count). The van der Waals surface area contributed by atoms with Crippen LogP contribution in [0.5, 0.6) is 0 Å². The van der Waals surface area contributed by atoms with E-state index in [4.69, 9.17) is 10.2 Å². The highest BCUT2D eigenvalue weighted by Gasteiger charge is 2.15. The third-order valence-electron chi connectivity index (χ3n) is 2.59. The van der Waals surface area contributed by atoms with Gasteiger partial charge in [-0.25, -0.2) is 0 Å². The van der Waals surface area contributed by atoms with Crippen LogP contribution in [0.3, 0.4) is 0 Å². The number of hydrogen-bond acceptors (Lipinski definition) is 2. The lowest BCUT2D eigenvalue weighted by Gasteiger charge is -2.10. The molecule has 0 saturated heterocycles. The Hall–Kier alpha value is -0.0800. The average molecular weight is 158 g/mol. The molecule has 0 aromatic carbocycles. The fraction of sp³-hybridized carbons (Fsp3) is 1.00. The van der Waals surface area contributed by atoms with E-state index in [1.165, 1.54) is 25.7 Å². The molecular formula is C9H18O2. The van der Waals surface area contributed by atoms with E-state index in [1.807, 2.05) is 0 Å². The largest absolute Gasteiger partial charge is 0.394 e. The molecule has 0 amide bonds. The first kappa shape index (κ1) is 9.01. The van der Waals surface area contributed by atoms with Crippen molar-refractivity contribution >= 4 is 0 Å². The molecule has 0 aliphatic heterocycles. The Balaban J connectivity index is 2.01. The van der Waals surface area contributed by atoms with Gasteiger partial charge in [-0.05, 0) is 18.8 Å². The minimum Gasteiger partial charge on any atom is -0.394 e. The first-order valence-electron chi connectivity index (χ1n) is 4.62. The Morgan fingerprint density at radius 1 is 1.27 bits per heavy atom. The lowest BCUT2D eigenvalue weighted by Crippen LogP contribution is -2.12. The van der Waals surface area contributed by atoms with E-state index in [-0.39, 0.29) is 6.61 Å². The molecule has 0 spiro atoms. The van der Waals surface area contributed by atoms with Crippen LogP contribution in [-0.4, -0.2) is 22.9 Å².